The quantitative estimate of drug-likeness (QED) is 0.750. The zero-order valence-corrected chi connectivity index (χ0v) is 15.9. The Morgan fingerprint density at radius 1 is 1.04 bits per heavy atom. The maximum absolute atomic E-state index is 12.4. The molecule has 0 saturated carbocycles. The monoisotopic (exact) mass is 359 g/mol. The van der Waals surface area contributed by atoms with Crippen LogP contribution in [0.5, 0.6) is 5.75 Å². The van der Waals surface area contributed by atoms with Gasteiger partial charge in [0.05, 0.1) is 12.3 Å². The number of carbonyl (C=O) groups is 2. The molecule has 0 radical (unpaired) electrons. The molecule has 0 saturated heterocycles. The van der Waals surface area contributed by atoms with Crippen molar-refractivity contribution in [2.24, 2.45) is 0 Å². The lowest BCUT2D eigenvalue weighted by molar-refractivity contribution is -0.145. The first kappa shape index (κ1) is 19.6. The highest BCUT2D eigenvalue weighted by Crippen LogP contribution is 2.33. The Labute approximate surface area is 153 Å². The second-order valence-corrected chi connectivity index (χ2v) is 6.76. The van der Waals surface area contributed by atoms with Crippen LogP contribution >= 0.6 is 0 Å². The van der Waals surface area contributed by atoms with E-state index >= 15 is 0 Å². The lowest BCUT2D eigenvalue weighted by atomic mass is 10.1. The van der Waals surface area contributed by atoms with E-state index in [4.69, 9.17) is 14.2 Å². The van der Waals surface area contributed by atoms with E-state index in [1.54, 1.807) is 26.1 Å². The highest BCUT2D eigenvalue weighted by molar-refractivity contribution is 6.03. The third kappa shape index (κ3) is 4.88. The van der Waals surface area contributed by atoms with Gasteiger partial charge in [-0.15, -0.1) is 0 Å². The smallest absolute Gasteiger partial charge is 0.414 e. The van der Waals surface area contributed by atoms with Crippen molar-refractivity contribution >= 4 is 28.5 Å². The van der Waals surface area contributed by atoms with Crippen LogP contribution in [0.2, 0.25) is 0 Å². The van der Waals surface area contributed by atoms with Gasteiger partial charge >= 0.3 is 12.1 Å². The summed E-state index contributed by atoms with van der Waals surface area (Å²) < 4.78 is 15.9. The van der Waals surface area contributed by atoms with Gasteiger partial charge in [0.2, 0.25) is 0 Å². The minimum atomic E-state index is -0.580. The number of nitrogens with zero attached hydrogens (tertiary/aromatic N) is 1. The minimum absolute atomic E-state index is 0.168. The maximum atomic E-state index is 12.4. The third-order valence-corrected chi connectivity index (χ3v) is 3.54. The third-order valence-electron chi connectivity index (χ3n) is 3.54. The van der Waals surface area contributed by atoms with Crippen LogP contribution in [-0.2, 0) is 14.3 Å². The Morgan fingerprint density at radius 3 is 2.31 bits per heavy atom. The molecule has 2 rings (SSSR count). The number of anilines is 1. The Balaban J connectivity index is 2.32. The molecular formula is C20H25NO5. The first-order chi connectivity index (χ1) is 12.2. The van der Waals surface area contributed by atoms with Crippen LogP contribution in [0.25, 0.3) is 10.8 Å². The molecule has 2 aromatic carbocycles. The summed E-state index contributed by atoms with van der Waals surface area (Å²) in [7, 11) is 1.66. The van der Waals surface area contributed by atoms with Crippen LogP contribution in [0.4, 0.5) is 10.5 Å². The lowest BCUT2D eigenvalue weighted by Crippen LogP contribution is -2.34. The van der Waals surface area contributed by atoms with E-state index < -0.39 is 17.7 Å². The average Bonchev–Trinajstić information content (AvgIpc) is 2.57. The highest BCUT2D eigenvalue weighted by atomic mass is 16.6. The van der Waals surface area contributed by atoms with Gasteiger partial charge in [-0.25, -0.2) is 9.59 Å². The summed E-state index contributed by atoms with van der Waals surface area (Å²) in [5, 5.41) is 1.62. The van der Waals surface area contributed by atoms with Crippen LogP contribution < -0.4 is 9.64 Å². The van der Waals surface area contributed by atoms with Crippen molar-refractivity contribution in [3.63, 3.8) is 0 Å². The fraction of sp³-hybridized carbons (Fsp3) is 0.400. The molecule has 2 aromatic rings. The minimum Gasteiger partial charge on any atom is -0.481 e. The molecule has 0 aliphatic carbocycles. The molecular weight excluding hydrogens is 334 g/mol. The number of hydrogen-bond acceptors (Lipinski definition) is 5. The molecule has 26 heavy (non-hydrogen) atoms. The predicted octanol–water partition coefficient (Wildman–Crippen LogP) is 4.15. The van der Waals surface area contributed by atoms with E-state index in [9.17, 15) is 9.59 Å². The van der Waals surface area contributed by atoms with Gasteiger partial charge in [0.1, 0.15) is 11.4 Å². The summed E-state index contributed by atoms with van der Waals surface area (Å²) in [5.41, 5.74) is 0.113. The van der Waals surface area contributed by atoms with Crippen LogP contribution in [0, 0.1) is 0 Å². The summed E-state index contributed by atoms with van der Waals surface area (Å²) in [6.07, 6.45) is -0.442. The molecule has 1 amide bonds. The van der Waals surface area contributed by atoms with Gasteiger partial charge in [0.15, 0.2) is 6.61 Å². The van der Waals surface area contributed by atoms with Gasteiger partial charge in [-0.05, 0) is 39.8 Å². The van der Waals surface area contributed by atoms with E-state index in [0.29, 0.717) is 18.0 Å². The number of fused-ring (bicyclic) bond motifs is 1. The topological polar surface area (TPSA) is 65.1 Å². The van der Waals surface area contributed by atoms with E-state index in [1.807, 2.05) is 45.0 Å². The molecule has 0 heterocycles. The van der Waals surface area contributed by atoms with Gasteiger partial charge in [-0.1, -0.05) is 24.3 Å². The zero-order chi connectivity index (χ0) is 19.3. The van der Waals surface area contributed by atoms with Crippen LogP contribution in [-0.4, -0.2) is 37.9 Å². The van der Waals surface area contributed by atoms with E-state index in [-0.39, 0.29) is 6.61 Å². The molecule has 6 heteroatoms. The SMILES string of the molecule is CCOC(=O)COc1ccc(N(C)C(=O)OC(C)(C)C)c2ccccc12. The summed E-state index contributed by atoms with van der Waals surface area (Å²) in [5.74, 6) is 0.126. The fourth-order valence-corrected chi connectivity index (χ4v) is 2.44. The molecule has 0 aromatic heterocycles. The van der Waals surface area contributed by atoms with Crippen LogP contribution in [0.1, 0.15) is 27.7 Å². The number of benzene rings is 2. The maximum Gasteiger partial charge on any atom is 0.414 e. The zero-order valence-electron chi connectivity index (χ0n) is 15.9. The van der Waals surface area contributed by atoms with E-state index in [1.165, 1.54) is 4.90 Å². The van der Waals surface area contributed by atoms with Crippen LogP contribution in [0.3, 0.4) is 0 Å². The van der Waals surface area contributed by atoms with Crippen molar-refractivity contribution < 1.29 is 23.8 Å². The number of ether oxygens (including phenoxy) is 3. The first-order valence-electron chi connectivity index (χ1n) is 8.50. The Morgan fingerprint density at radius 2 is 1.69 bits per heavy atom. The van der Waals surface area contributed by atoms with Crippen molar-refractivity contribution in [3.8, 4) is 5.75 Å². The molecule has 6 nitrogen and oxygen atoms in total. The van der Waals surface area contributed by atoms with Crippen molar-refractivity contribution in [1.29, 1.82) is 0 Å². The summed E-state index contributed by atoms with van der Waals surface area (Å²) in [6, 6.07) is 11.0. The predicted molar refractivity (Wildman–Crippen MR) is 101 cm³/mol. The van der Waals surface area contributed by atoms with E-state index in [0.717, 1.165) is 10.8 Å². The second-order valence-electron chi connectivity index (χ2n) is 6.76. The lowest BCUT2D eigenvalue weighted by Gasteiger charge is -2.25. The van der Waals surface area contributed by atoms with Gasteiger partial charge < -0.3 is 14.2 Å². The van der Waals surface area contributed by atoms with Gasteiger partial charge in [0, 0.05) is 17.8 Å². The van der Waals surface area contributed by atoms with Crippen molar-refractivity contribution in [2.45, 2.75) is 33.3 Å². The molecule has 0 atom stereocenters. The largest absolute Gasteiger partial charge is 0.481 e. The molecule has 0 aliphatic heterocycles. The highest BCUT2D eigenvalue weighted by Gasteiger charge is 2.22. The first-order valence-corrected chi connectivity index (χ1v) is 8.50. The Kier molecular flexibility index (Phi) is 6.08. The molecule has 0 N–H and O–H groups in total. The summed E-state index contributed by atoms with van der Waals surface area (Å²) >= 11 is 0. The van der Waals surface area contributed by atoms with Crippen molar-refractivity contribution in [3.05, 3.63) is 36.4 Å². The van der Waals surface area contributed by atoms with Gasteiger partial charge in [-0.3, -0.25) is 4.90 Å². The molecule has 0 spiro atoms. The Hall–Kier alpha value is -2.76. The second kappa shape index (κ2) is 8.08. The molecule has 140 valence electrons. The van der Waals surface area contributed by atoms with Crippen molar-refractivity contribution in [2.75, 3.05) is 25.2 Å². The van der Waals surface area contributed by atoms with Crippen LogP contribution in [0.15, 0.2) is 36.4 Å². The molecule has 0 aliphatic rings. The summed E-state index contributed by atoms with van der Waals surface area (Å²) in [4.78, 5) is 25.4. The number of carbonyl (C=O) groups excluding carboxylic acids is 2. The molecule has 0 fully saturated rings. The van der Waals surface area contributed by atoms with Gasteiger partial charge in [0.25, 0.3) is 0 Å². The number of esters is 1. The number of amides is 1. The molecule has 0 bridgehead atoms. The van der Waals surface area contributed by atoms with Crippen molar-refractivity contribution in [1.82, 2.24) is 0 Å². The fourth-order valence-electron chi connectivity index (χ4n) is 2.44. The van der Waals surface area contributed by atoms with E-state index in [2.05, 4.69) is 0 Å². The van der Waals surface area contributed by atoms with Gasteiger partial charge in [-0.2, -0.15) is 0 Å². The normalized spacial score (nSPS) is 11.1. The molecule has 0 unspecified atom stereocenters. The number of hydrogen-bond donors (Lipinski definition) is 0. The summed E-state index contributed by atoms with van der Waals surface area (Å²) in [6.45, 7) is 7.35. The standard InChI is InChI=1S/C20H25NO5/c1-6-24-18(22)13-25-17-12-11-16(14-9-7-8-10-15(14)17)21(5)19(23)26-20(2,3)4/h7-12H,6,13H2,1-5H3. The Bertz CT molecular complexity index is 794. The average molecular weight is 359 g/mol. The number of rotatable bonds is 5.